The lowest BCUT2D eigenvalue weighted by Crippen LogP contribution is -2.46. The van der Waals surface area contributed by atoms with Gasteiger partial charge in [-0.3, -0.25) is 4.79 Å². The van der Waals surface area contributed by atoms with E-state index >= 15 is 0 Å². The van der Waals surface area contributed by atoms with Gasteiger partial charge in [0.05, 0.1) is 12.5 Å². The van der Waals surface area contributed by atoms with Gasteiger partial charge in [0.2, 0.25) is 0 Å². The molecule has 0 radical (unpaired) electrons. The first-order valence-electron chi connectivity index (χ1n) is 6.63. The van der Waals surface area contributed by atoms with Gasteiger partial charge in [-0.25, -0.2) is 0 Å². The highest BCUT2D eigenvalue weighted by molar-refractivity contribution is 7.09. The van der Waals surface area contributed by atoms with Gasteiger partial charge < -0.3 is 20.1 Å². The maximum absolute atomic E-state index is 10.7. The highest BCUT2D eigenvalue weighted by atomic mass is 32.1. The zero-order chi connectivity index (χ0) is 14.4. The fraction of sp³-hybridized carbons (Fsp3) is 0.462. The smallest absolute Gasteiger partial charge is 0.473 e. The number of aliphatic carboxylic acids is 1. The molecule has 1 aliphatic heterocycles. The first-order valence-corrected chi connectivity index (χ1v) is 7.51. The van der Waals surface area contributed by atoms with Gasteiger partial charge in [-0.2, -0.15) is 0 Å². The number of nitrogens with one attached hydrogen (secondary N) is 1. The zero-order valence-corrected chi connectivity index (χ0v) is 11.9. The molecule has 0 unspecified atom stereocenters. The molecule has 0 spiro atoms. The second kappa shape index (κ2) is 7.59. The normalized spacial score (nSPS) is 22.8. The standard InChI is InChI=1S/C13H18BNO4S/c16-13(17)9-10-3-1-5-12(14(18)19-10)15-7-6-11-4-2-8-20-11/h1-4,8,10,12,15,18H,5-7,9H2,(H,16,17)/t10-,12-/m0/s1. The van der Waals surface area contributed by atoms with Crippen molar-refractivity contribution in [3.8, 4) is 0 Å². The topological polar surface area (TPSA) is 78.8 Å². The van der Waals surface area contributed by atoms with Gasteiger partial charge in [-0.05, 0) is 30.8 Å². The lowest BCUT2D eigenvalue weighted by molar-refractivity contribution is -0.138. The van der Waals surface area contributed by atoms with Crippen LogP contribution in [0, 0.1) is 0 Å². The fourth-order valence-electron chi connectivity index (χ4n) is 2.12. The molecule has 7 heteroatoms. The number of hydrogen-bond donors (Lipinski definition) is 3. The summed E-state index contributed by atoms with van der Waals surface area (Å²) in [5.74, 6) is -1.14. The van der Waals surface area contributed by atoms with Crippen LogP contribution in [0.1, 0.15) is 17.7 Å². The van der Waals surface area contributed by atoms with E-state index in [9.17, 15) is 9.82 Å². The Hall–Kier alpha value is -1.15. The Bertz CT molecular complexity index is 451. The summed E-state index contributed by atoms with van der Waals surface area (Å²) in [6.45, 7) is 0.753. The third-order valence-corrected chi connectivity index (χ3v) is 4.07. The first kappa shape index (κ1) is 15.2. The SMILES string of the molecule is O=C(O)C[C@@H]1C=CC[C@H](NCCc2cccs2)B(O)O1. The average molecular weight is 295 g/mol. The molecule has 5 nitrogen and oxygen atoms in total. The van der Waals surface area contributed by atoms with Crippen LogP contribution in [0.5, 0.6) is 0 Å². The number of carboxylic acid groups (broad SMARTS) is 1. The molecule has 2 atom stereocenters. The van der Waals surface area contributed by atoms with Crippen molar-refractivity contribution in [1.29, 1.82) is 0 Å². The molecule has 2 rings (SSSR count). The molecule has 1 aliphatic rings. The van der Waals surface area contributed by atoms with E-state index in [-0.39, 0.29) is 12.4 Å². The van der Waals surface area contributed by atoms with Gasteiger partial charge >= 0.3 is 13.1 Å². The number of hydrogen-bond acceptors (Lipinski definition) is 5. The summed E-state index contributed by atoms with van der Waals surface area (Å²) in [6, 6.07) is 4.10. The Morgan fingerprint density at radius 2 is 2.45 bits per heavy atom. The van der Waals surface area contributed by atoms with E-state index < -0.39 is 19.2 Å². The summed E-state index contributed by atoms with van der Waals surface area (Å²) in [7, 11) is -0.988. The molecule has 0 fully saturated rings. The Morgan fingerprint density at radius 3 is 3.15 bits per heavy atom. The van der Waals surface area contributed by atoms with Gasteiger partial charge in [0.1, 0.15) is 0 Å². The van der Waals surface area contributed by atoms with E-state index in [1.54, 1.807) is 17.4 Å². The van der Waals surface area contributed by atoms with Crippen molar-refractivity contribution < 1.29 is 19.6 Å². The Kier molecular flexibility index (Phi) is 5.78. The molecule has 1 aromatic heterocycles. The third-order valence-electron chi connectivity index (χ3n) is 3.13. The summed E-state index contributed by atoms with van der Waals surface area (Å²) in [5, 5.41) is 24.0. The van der Waals surface area contributed by atoms with Crippen LogP contribution in [0.4, 0.5) is 0 Å². The maximum Gasteiger partial charge on any atom is 0.473 e. The van der Waals surface area contributed by atoms with Crippen LogP contribution in [0.2, 0.25) is 0 Å². The minimum Gasteiger partial charge on any atom is -0.481 e. The van der Waals surface area contributed by atoms with Gasteiger partial charge in [-0.15, -0.1) is 11.3 Å². The van der Waals surface area contributed by atoms with Gasteiger partial charge in [0.25, 0.3) is 0 Å². The fourth-order valence-corrected chi connectivity index (χ4v) is 2.83. The van der Waals surface area contributed by atoms with Crippen molar-refractivity contribution in [3.05, 3.63) is 34.5 Å². The molecule has 20 heavy (non-hydrogen) atoms. The summed E-state index contributed by atoms with van der Waals surface area (Å²) in [5.41, 5.74) is 0. The van der Waals surface area contributed by atoms with E-state index in [4.69, 9.17) is 9.76 Å². The summed E-state index contributed by atoms with van der Waals surface area (Å²) >= 11 is 1.71. The quantitative estimate of drug-likeness (QED) is 0.541. The zero-order valence-electron chi connectivity index (χ0n) is 11.1. The molecular formula is C13H18BNO4S. The monoisotopic (exact) mass is 295 g/mol. The molecule has 2 heterocycles. The molecule has 0 amide bonds. The minimum absolute atomic E-state index is 0.129. The van der Waals surface area contributed by atoms with E-state index in [1.807, 2.05) is 17.5 Å². The van der Waals surface area contributed by atoms with Gasteiger partial charge in [0, 0.05) is 10.8 Å². The van der Waals surface area contributed by atoms with Crippen molar-refractivity contribution in [2.24, 2.45) is 0 Å². The molecule has 0 saturated carbocycles. The number of thiophene rings is 1. The van der Waals surface area contributed by atoms with Crippen LogP contribution < -0.4 is 5.32 Å². The lowest BCUT2D eigenvalue weighted by Gasteiger charge is -2.20. The number of rotatable bonds is 6. The number of carboxylic acids is 1. The van der Waals surface area contributed by atoms with Crippen LogP contribution in [0.3, 0.4) is 0 Å². The summed E-state index contributed by atoms with van der Waals surface area (Å²) in [4.78, 5) is 12.0. The second-order valence-electron chi connectivity index (χ2n) is 4.72. The van der Waals surface area contributed by atoms with E-state index in [0.29, 0.717) is 6.42 Å². The molecule has 3 N–H and O–H groups in total. The predicted molar refractivity (Wildman–Crippen MR) is 78.7 cm³/mol. The number of carbonyl (C=O) groups is 1. The van der Waals surface area contributed by atoms with Crippen LogP contribution in [0.15, 0.2) is 29.7 Å². The highest BCUT2D eigenvalue weighted by Crippen LogP contribution is 2.13. The predicted octanol–water partition coefficient (Wildman–Crippen LogP) is 1.09. The molecule has 0 saturated heterocycles. The maximum atomic E-state index is 10.7. The van der Waals surface area contributed by atoms with E-state index in [2.05, 4.69) is 11.4 Å². The largest absolute Gasteiger partial charge is 0.481 e. The van der Waals surface area contributed by atoms with Gasteiger partial charge in [-0.1, -0.05) is 18.2 Å². The van der Waals surface area contributed by atoms with E-state index in [0.717, 1.165) is 13.0 Å². The van der Waals surface area contributed by atoms with Crippen molar-refractivity contribution in [1.82, 2.24) is 5.32 Å². The summed E-state index contributed by atoms with van der Waals surface area (Å²) < 4.78 is 5.35. The van der Waals surface area contributed by atoms with Crippen LogP contribution in [-0.4, -0.2) is 41.8 Å². The Morgan fingerprint density at radius 1 is 1.60 bits per heavy atom. The lowest BCUT2D eigenvalue weighted by atomic mass is 9.77. The molecule has 1 aromatic rings. The van der Waals surface area contributed by atoms with Crippen LogP contribution in [-0.2, 0) is 15.9 Å². The van der Waals surface area contributed by atoms with Crippen LogP contribution in [0.25, 0.3) is 0 Å². The molecular weight excluding hydrogens is 277 g/mol. The Balaban J connectivity index is 1.78. The molecule has 0 aromatic carbocycles. The summed E-state index contributed by atoms with van der Waals surface area (Å²) in [6.07, 6.45) is 4.41. The third kappa shape index (κ3) is 4.75. The van der Waals surface area contributed by atoms with E-state index in [1.165, 1.54) is 4.88 Å². The first-order chi connectivity index (χ1) is 9.65. The van der Waals surface area contributed by atoms with Crippen molar-refractivity contribution in [2.45, 2.75) is 31.3 Å². The molecule has 108 valence electrons. The van der Waals surface area contributed by atoms with Crippen molar-refractivity contribution in [3.63, 3.8) is 0 Å². The van der Waals surface area contributed by atoms with Crippen LogP contribution >= 0.6 is 11.3 Å². The molecule has 0 aliphatic carbocycles. The average Bonchev–Trinajstić information content (AvgIpc) is 2.83. The minimum atomic E-state index is -0.988. The van der Waals surface area contributed by atoms with Gasteiger partial charge in [0.15, 0.2) is 0 Å². The second-order valence-corrected chi connectivity index (χ2v) is 5.75. The Labute approximate surface area is 122 Å². The van der Waals surface area contributed by atoms with Crippen molar-refractivity contribution in [2.75, 3.05) is 6.54 Å². The highest BCUT2D eigenvalue weighted by Gasteiger charge is 2.30. The molecule has 0 bridgehead atoms. The van der Waals surface area contributed by atoms with Crippen molar-refractivity contribution >= 4 is 24.4 Å².